The number of benzene rings is 3. The second-order valence-electron chi connectivity index (χ2n) is 6.42. The first-order valence-corrected chi connectivity index (χ1v) is 10.3. The maximum Gasteiger partial charge on any atom is 0.262 e. The number of amides is 1. The number of hydrogen-bond acceptors (Lipinski definition) is 4. The monoisotopic (exact) mass is 438 g/mol. The van der Waals surface area contributed by atoms with Crippen LogP contribution in [-0.4, -0.2) is 17.5 Å². The van der Waals surface area contributed by atoms with Crippen LogP contribution in [0.2, 0.25) is 5.02 Å². The number of nitrogens with zero attached hydrogens (tertiary/aromatic N) is 1. The van der Waals surface area contributed by atoms with Gasteiger partial charge in [0.15, 0.2) is 6.61 Å². The number of carbonyl (C=O) groups is 1. The lowest BCUT2D eigenvalue weighted by Gasteiger charge is -2.08. The van der Waals surface area contributed by atoms with Gasteiger partial charge in [-0.3, -0.25) is 4.79 Å². The van der Waals surface area contributed by atoms with Crippen LogP contribution in [0.1, 0.15) is 0 Å². The zero-order valence-corrected chi connectivity index (χ0v) is 17.2. The van der Waals surface area contributed by atoms with Crippen LogP contribution in [0.15, 0.2) is 78.2 Å². The molecule has 1 N–H and O–H groups in total. The highest BCUT2D eigenvalue weighted by atomic mass is 35.5. The molecule has 150 valence electrons. The van der Waals surface area contributed by atoms with E-state index in [0.29, 0.717) is 16.5 Å². The van der Waals surface area contributed by atoms with E-state index in [-0.39, 0.29) is 18.3 Å². The summed E-state index contributed by atoms with van der Waals surface area (Å²) < 4.78 is 18.3. The number of halogens is 2. The van der Waals surface area contributed by atoms with Crippen molar-refractivity contribution in [1.82, 2.24) is 4.98 Å². The lowest BCUT2D eigenvalue weighted by molar-refractivity contribution is -0.118. The maximum atomic E-state index is 12.9. The third-order valence-corrected chi connectivity index (χ3v) is 5.36. The summed E-state index contributed by atoms with van der Waals surface area (Å²) in [6, 6.07) is 20.5. The van der Waals surface area contributed by atoms with Crippen LogP contribution in [0.4, 0.5) is 10.1 Å². The van der Waals surface area contributed by atoms with Gasteiger partial charge in [-0.1, -0.05) is 35.9 Å². The van der Waals surface area contributed by atoms with Crippen molar-refractivity contribution in [3.8, 4) is 27.6 Å². The van der Waals surface area contributed by atoms with E-state index >= 15 is 0 Å². The Bertz CT molecular complexity index is 1160. The molecule has 4 nitrogen and oxygen atoms in total. The number of thiazole rings is 1. The lowest BCUT2D eigenvalue weighted by atomic mass is 10.1. The van der Waals surface area contributed by atoms with E-state index in [0.717, 1.165) is 21.8 Å². The molecule has 0 fully saturated rings. The Balaban J connectivity index is 1.42. The van der Waals surface area contributed by atoms with E-state index in [4.69, 9.17) is 21.3 Å². The summed E-state index contributed by atoms with van der Waals surface area (Å²) in [5.41, 5.74) is 3.35. The second-order valence-corrected chi connectivity index (χ2v) is 7.71. The Morgan fingerprint density at radius 1 is 1.03 bits per heavy atom. The normalized spacial score (nSPS) is 10.6. The van der Waals surface area contributed by atoms with Crippen molar-refractivity contribution in [3.63, 3.8) is 0 Å². The zero-order chi connectivity index (χ0) is 20.9. The number of ether oxygens (including phenoxy) is 1. The van der Waals surface area contributed by atoms with Gasteiger partial charge in [0.25, 0.3) is 5.91 Å². The van der Waals surface area contributed by atoms with Gasteiger partial charge in [0, 0.05) is 27.2 Å². The summed E-state index contributed by atoms with van der Waals surface area (Å²) in [7, 11) is 0. The summed E-state index contributed by atoms with van der Waals surface area (Å²) >= 11 is 7.49. The molecule has 4 aromatic rings. The van der Waals surface area contributed by atoms with Crippen LogP contribution in [-0.2, 0) is 4.79 Å². The summed E-state index contributed by atoms with van der Waals surface area (Å²) in [4.78, 5) is 16.9. The van der Waals surface area contributed by atoms with Gasteiger partial charge in [-0.15, -0.1) is 11.3 Å². The average molecular weight is 439 g/mol. The molecule has 0 unspecified atom stereocenters. The minimum Gasteiger partial charge on any atom is -0.484 e. The molecule has 0 saturated heterocycles. The van der Waals surface area contributed by atoms with Gasteiger partial charge in [0.05, 0.1) is 5.69 Å². The Kier molecular flexibility index (Phi) is 6.07. The predicted molar refractivity (Wildman–Crippen MR) is 119 cm³/mol. The summed E-state index contributed by atoms with van der Waals surface area (Å²) in [6.07, 6.45) is 0. The van der Waals surface area contributed by atoms with Crippen molar-refractivity contribution >= 4 is 34.5 Å². The minimum atomic E-state index is -0.357. The van der Waals surface area contributed by atoms with Crippen molar-refractivity contribution in [2.24, 2.45) is 0 Å². The molecule has 30 heavy (non-hydrogen) atoms. The van der Waals surface area contributed by atoms with E-state index in [1.807, 2.05) is 47.8 Å². The molecular weight excluding hydrogens is 423 g/mol. The van der Waals surface area contributed by atoms with E-state index in [1.54, 1.807) is 17.4 Å². The molecule has 3 aromatic carbocycles. The largest absolute Gasteiger partial charge is 0.484 e. The maximum absolute atomic E-state index is 12.9. The fourth-order valence-electron chi connectivity index (χ4n) is 2.76. The van der Waals surface area contributed by atoms with E-state index < -0.39 is 0 Å². The number of rotatable bonds is 6. The SMILES string of the molecule is O=C(COc1ccc(F)cc1)Nc1cccc(-c2csc(-c3ccc(Cl)cc3)n2)c1. The zero-order valence-electron chi connectivity index (χ0n) is 15.6. The lowest BCUT2D eigenvalue weighted by Crippen LogP contribution is -2.20. The quantitative estimate of drug-likeness (QED) is 0.385. The standard InChI is InChI=1S/C23H16ClFN2O2S/c24-17-6-4-15(5-7-17)23-27-21(14-30-23)16-2-1-3-19(12-16)26-22(28)13-29-20-10-8-18(25)9-11-20/h1-12,14H,13H2,(H,26,28). The van der Waals surface area contributed by atoms with Gasteiger partial charge in [0.1, 0.15) is 16.6 Å². The fraction of sp³-hybridized carbons (Fsp3) is 0.0435. The van der Waals surface area contributed by atoms with Crippen LogP contribution in [0.3, 0.4) is 0 Å². The average Bonchev–Trinajstić information content (AvgIpc) is 3.24. The summed E-state index contributed by atoms with van der Waals surface area (Å²) in [6.45, 7) is -0.173. The molecule has 0 aliphatic rings. The van der Waals surface area contributed by atoms with Crippen molar-refractivity contribution in [2.45, 2.75) is 0 Å². The fourth-order valence-corrected chi connectivity index (χ4v) is 3.73. The highest BCUT2D eigenvalue weighted by molar-refractivity contribution is 7.13. The van der Waals surface area contributed by atoms with E-state index in [9.17, 15) is 9.18 Å². The molecule has 0 aliphatic carbocycles. The van der Waals surface area contributed by atoms with Crippen molar-refractivity contribution < 1.29 is 13.9 Å². The van der Waals surface area contributed by atoms with Gasteiger partial charge >= 0.3 is 0 Å². The summed E-state index contributed by atoms with van der Waals surface area (Å²) in [5, 5.41) is 6.35. The minimum absolute atomic E-state index is 0.173. The highest BCUT2D eigenvalue weighted by Gasteiger charge is 2.09. The van der Waals surface area contributed by atoms with E-state index in [1.165, 1.54) is 24.3 Å². The van der Waals surface area contributed by atoms with Gasteiger partial charge in [-0.05, 0) is 48.5 Å². The summed E-state index contributed by atoms with van der Waals surface area (Å²) in [5.74, 6) is -0.237. The van der Waals surface area contributed by atoms with Gasteiger partial charge in [-0.2, -0.15) is 0 Å². The Morgan fingerprint density at radius 3 is 2.57 bits per heavy atom. The van der Waals surface area contributed by atoms with Crippen LogP contribution in [0, 0.1) is 5.82 Å². The number of anilines is 1. The van der Waals surface area contributed by atoms with Gasteiger partial charge in [0.2, 0.25) is 0 Å². The number of carbonyl (C=O) groups excluding carboxylic acids is 1. The third kappa shape index (κ3) is 5.03. The molecule has 0 atom stereocenters. The molecule has 4 rings (SSSR count). The second kappa shape index (κ2) is 9.07. The first-order valence-electron chi connectivity index (χ1n) is 9.07. The molecule has 7 heteroatoms. The smallest absolute Gasteiger partial charge is 0.262 e. The topological polar surface area (TPSA) is 51.2 Å². The molecule has 1 amide bonds. The Labute approximate surface area is 181 Å². The molecule has 1 aromatic heterocycles. The number of aromatic nitrogens is 1. The third-order valence-electron chi connectivity index (χ3n) is 4.22. The molecule has 0 bridgehead atoms. The molecule has 0 saturated carbocycles. The highest BCUT2D eigenvalue weighted by Crippen LogP contribution is 2.30. The molecule has 0 spiro atoms. The van der Waals surface area contributed by atoms with Crippen molar-refractivity contribution in [2.75, 3.05) is 11.9 Å². The number of nitrogens with one attached hydrogen (secondary N) is 1. The van der Waals surface area contributed by atoms with Crippen LogP contribution in [0.25, 0.3) is 21.8 Å². The van der Waals surface area contributed by atoms with Crippen LogP contribution < -0.4 is 10.1 Å². The molecular formula is C23H16ClFN2O2S. The number of hydrogen-bond donors (Lipinski definition) is 1. The van der Waals surface area contributed by atoms with Crippen molar-refractivity contribution in [3.05, 3.63) is 89.0 Å². The Hall–Kier alpha value is -3.22. The Morgan fingerprint density at radius 2 is 1.80 bits per heavy atom. The van der Waals surface area contributed by atoms with E-state index in [2.05, 4.69) is 5.32 Å². The first-order chi connectivity index (χ1) is 14.6. The molecule has 1 heterocycles. The predicted octanol–water partition coefficient (Wildman–Crippen LogP) is 6.29. The van der Waals surface area contributed by atoms with Crippen LogP contribution in [0.5, 0.6) is 5.75 Å². The van der Waals surface area contributed by atoms with Crippen molar-refractivity contribution in [1.29, 1.82) is 0 Å². The van der Waals surface area contributed by atoms with Crippen LogP contribution >= 0.6 is 22.9 Å². The van der Waals surface area contributed by atoms with Gasteiger partial charge < -0.3 is 10.1 Å². The van der Waals surface area contributed by atoms with Gasteiger partial charge in [-0.25, -0.2) is 9.37 Å². The molecule has 0 radical (unpaired) electrons. The molecule has 0 aliphatic heterocycles. The first kappa shape index (κ1) is 20.1.